The van der Waals surface area contributed by atoms with Gasteiger partial charge in [0.05, 0.1) is 6.42 Å². The molecule has 3 N–H and O–H groups in total. The van der Waals surface area contributed by atoms with Crippen LogP contribution in [0.2, 0.25) is 0 Å². The van der Waals surface area contributed by atoms with Gasteiger partial charge < -0.3 is 15.7 Å². The van der Waals surface area contributed by atoms with Gasteiger partial charge in [-0.05, 0) is 24.1 Å². The van der Waals surface area contributed by atoms with Gasteiger partial charge in [-0.3, -0.25) is 9.59 Å². The minimum atomic E-state index is -1.19. The number of benzene rings is 1. The van der Waals surface area contributed by atoms with E-state index in [1.807, 2.05) is 0 Å². The molecule has 6 heteroatoms. The lowest BCUT2D eigenvalue weighted by atomic mass is 10.1. The normalized spacial score (nSPS) is 11.9. The maximum Gasteiger partial charge on any atom is 0.321 e. The number of amides is 1. The number of likely N-dealkylation sites (N-methyl/N-ethyl adjacent to an activating group) is 1. The van der Waals surface area contributed by atoms with E-state index >= 15 is 0 Å². The fourth-order valence-corrected chi connectivity index (χ4v) is 1.50. The van der Waals surface area contributed by atoms with Crippen molar-refractivity contribution < 1.29 is 19.1 Å². The second kappa shape index (κ2) is 6.84. The third-order valence-corrected chi connectivity index (χ3v) is 2.79. The number of nitrogens with two attached hydrogens (primary N) is 1. The summed E-state index contributed by atoms with van der Waals surface area (Å²) in [7, 11) is 1.58. The second-order valence-electron chi connectivity index (χ2n) is 4.34. The first-order chi connectivity index (χ1) is 8.90. The van der Waals surface area contributed by atoms with Crippen LogP contribution in [0.1, 0.15) is 12.0 Å². The van der Waals surface area contributed by atoms with Crippen LogP contribution < -0.4 is 5.73 Å². The van der Waals surface area contributed by atoms with Gasteiger partial charge in [0.2, 0.25) is 5.91 Å². The average molecular weight is 268 g/mol. The summed E-state index contributed by atoms with van der Waals surface area (Å²) in [5, 5.41) is 8.62. The number of aliphatic carboxylic acids is 1. The lowest BCUT2D eigenvalue weighted by molar-refractivity contribution is -0.142. The molecular formula is C13H17FN2O3. The average Bonchev–Trinajstić information content (AvgIpc) is 2.37. The van der Waals surface area contributed by atoms with Crippen molar-refractivity contribution in [3.8, 4) is 0 Å². The predicted octanol–water partition coefficient (Wildman–Crippen LogP) is 0.629. The number of carboxylic acids is 1. The van der Waals surface area contributed by atoms with Gasteiger partial charge in [0.1, 0.15) is 11.9 Å². The number of hydrogen-bond acceptors (Lipinski definition) is 3. The van der Waals surface area contributed by atoms with Gasteiger partial charge >= 0.3 is 5.97 Å². The summed E-state index contributed by atoms with van der Waals surface area (Å²) in [5.74, 6) is -1.82. The van der Waals surface area contributed by atoms with Gasteiger partial charge in [-0.15, -0.1) is 0 Å². The summed E-state index contributed by atoms with van der Waals surface area (Å²) in [4.78, 5) is 23.6. The zero-order valence-corrected chi connectivity index (χ0v) is 10.7. The van der Waals surface area contributed by atoms with Crippen molar-refractivity contribution >= 4 is 11.9 Å². The summed E-state index contributed by atoms with van der Waals surface area (Å²) >= 11 is 0. The standard InChI is InChI=1S/C13H17FN2O3/c1-16(12(17)8-11(15)13(18)19)7-6-9-2-4-10(14)5-3-9/h2-5,11H,6-8,15H2,1H3,(H,18,19). The Morgan fingerprint density at radius 2 is 1.95 bits per heavy atom. The molecule has 1 unspecified atom stereocenters. The van der Waals surface area contributed by atoms with Crippen LogP contribution in [-0.4, -0.2) is 41.5 Å². The quantitative estimate of drug-likeness (QED) is 0.792. The van der Waals surface area contributed by atoms with Gasteiger partial charge in [0.15, 0.2) is 0 Å². The molecule has 1 aromatic rings. The highest BCUT2D eigenvalue weighted by Crippen LogP contribution is 2.05. The van der Waals surface area contributed by atoms with Crippen molar-refractivity contribution in [3.05, 3.63) is 35.6 Å². The van der Waals surface area contributed by atoms with E-state index in [9.17, 15) is 14.0 Å². The zero-order chi connectivity index (χ0) is 14.4. The zero-order valence-electron chi connectivity index (χ0n) is 10.7. The Kier molecular flexibility index (Phi) is 5.44. The van der Waals surface area contributed by atoms with E-state index < -0.39 is 12.0 Å². The van der Waals surface area contributed by atoms with Gasteiger partial charge in [-0.2, -0.15) is 0 Å². The van der Waals surface area contributed by atoms with Crippen molar-refractivity contribution in [1.82, 2.24) is 4.90 Å². The van der Waals surface area contributed by atoms with Crippen LogP contribution in [0.3, 0.4) is 0 Å². The van der Waals surface area contributed by atoms with Crippen LogP contribution >= 0.6 is 0 Å². The molecule has 0 aliphatic carbocycles. The first-order valence-corrected chi connectivity index (χ1v) is 5.87. The molecule has 0 saturated carbocycles. The molecule has 1 amide bonds. The Morgan fingerprint density at radius 1 is 1.37 bits per heavy atom. The Bertz CT molecular complexity index is 448. The molecule has 0 aliphatic heterocycles. The number of carbonyl (C=O) groups excluding carboxylic acids is 1. The van der Waals surface area contributed by atoms with E-state index in [-0.39, 0.29) is 18.1 Å². The van der Waals surface area contributed by atoms with E-state index in [1.54, 1.807) is 19.2 Å². The van der Waals surface area contributed by atoms with E-state index in [0.717, 1.165) is 5.56 Å². The lowest BCUT2D eigenvalue weighted by Crippen LogP contribution is -2.38. The minimum Gasteiger partial charge on any atom is -0.480 e. The van der Waals surface area contributed by atoms with Gasteiger partial charge in [0.25, 0.3) is 0 Å². The maximum absolute atomic E-state index is 12.7. The molecular weight excluding hydrogens is 251 g/mol. The molecule has 1 aromatic carbocycles. The van der Waals surface area contributed by atoms with Gasteiger partial charge in [0, 0.05) is 13.6 Å². The second-order valence-corrected chi connectivity index (χ2v) is 4.34. The Hall–Kier alpha value is -1.95. The fraction of sp³-hybridized carbons (Fsp3) is 0.385. The predicted molar refractivity (Wildman–Crippen MR) is 68.0 cm³/mol. The number of hydrogen-bond donors (Lipinski definition) is 2. The van der Waals surface area contributed by atoms with Crippen molar-refractivity contribution in [3.63, 3.8) is 0 Å². The topological polar surface area (TPSA) is 83.6 Å². The highest BCUT2D eigenvalue weighted by molar-refractivity contribution is 5.84. The fourth-order valence-electron chi connectivity index (χ4n) is 1.50. The van der Waals surface area contributed by atoms with Crippen molar-refractivity contribution in [2.75, 3.05) is 13.6 Å². The molecule has 1 rings (SSSR count). The summed E-state index contributed by atoms with van der Waals surface area (Å²) < 4.78 is 12.7. The lowest BCUT2D eigenvalue weighted by Gasteiger charge is -2.18. The first kappa shape index (κ1) is 15.1. The molecule has 1 atom stereocenters. The van der Waals surface area contributed by atoms with Crippen molar-refractivity contribution in [1.29, 1.82) is 0 Å². The largest absolute Gasteiger partial charge is 0.480 e. The summed E-state index contributed by atoms with van der Waals surface area (Å²) in [5.41, 5.74) is 6.20. The Labute approximate surface area is 110 Å². The smallest absolute Gasteiger partial charge is 0.321 e. The molecule has 19 heavy (non-hydrogen) atoms. The third-order valence-electron chi connectivity index (χ3n) is 2.79. The van der Waals surface area contributed by atoms with Crippen molar-refractivity contribution in [2.24, 2.45) is 5.73 Å². The SMILES string of the molecule is CN(CCc1ccc(F)cc1)C(=O)CC(N)C(=O)O. The summed E-state index contributed by atoms with van der Waals surface area (Å²) in [6.07, 6.45) is 0.347. The summed E-state index contributed by atoms with van der Waals surface area (Å²) in [6, 6.07) is 4.84. The minimum absolute atomic E-state index is 0.227. The van der Waals surface area contributed by atoms with E-state index in [1.165, 1.54) is 17.0 Å². The Balaban J connectivity index is 2.42. The van der Waals surface area contributed by atoms with Crippen molar-refractivity contribution in [2.45, 2.75) is 18.9 Å². The molecule has 5 nitrogen and oxygen atoms in total. The molecule has 0 saturated heterocycles. The molecule has 0 fully saturated rings. The van der Waals surface area contributed by atoms with Crippen LogP contribution in [0.4, 0.5) is 4.39 Å². The molecule has 0 spiro atoms. The number of halogens is 1. The highest BCUT2D eigenvalue weighted by atomic mass is 19.1. The Morgan fingerprint density at radius 3 is 2.47 bits per heavy atom. The van der Waals surface area contributed by atoms with Crippen LogP contribution in [0.25, 0.3) is 0 Å². The number of rotatable bonds is 6. The van der Waals surface area contributed by atoms with Gasteiger partial charge in [-0.25, -0.2) is 4.39 Å². The number of carbonyl (C=O) groups is 2. The van der Waals surface area contributed by atoms with E-state index in [0.29, 0.717) is 13.0 Å². The van der Waals surface area contributed by atoms with Crippen LogP contribution in [0.15, 0.2) is 24.3 Å². The third kappa shape index (κ3) is 5.05. The number of carboxylic acid groups (broad SMARTS) is 1. The van der Waals surface area contributed by atoms with E-state index in [2.05, 4.69) is 0 Å². The monoisotopic (exact) mass is 268 g/mol. The molecule has 0 radical (unpaired) electrons. The highest BCUT2D eigenvalue weighted by Gasteiger charge is 2.18. The van der Waals surface area contributed by atoms with Crippen LogP contribution in [0.5, 0.6) is 0 Å². The first-order valence-electron chi connectivity index (χ1n) is 5.87. The van der Waals surface area contributed by atoms with Crippen LogP contribution in [0, 0.1) is 5.82 Å². The molecule has 0 heterocycles. The van der Waals surface area contributed by atoms with Crippen LogP contribution in [-0.2, 0) is 16.0 Å². The number of nitrogens with zero attached hydrogens (tertiary/aromatic N) is 1. The van der Waals surface area contributed by atoms with E-state index in [4.69, 9.17) is 10.8 Å². The maximum atomic E-state index is 12.7. The molecule has 0 aromatic heterocycles. The molecule has 0 aliphatic rings. The molecule has 0 bridgehead atoms. The molecule has 104 valence electrons. The summed E-state index contributed by atoms with van der Waals surface area (Å²) in [6.45, 7) is 0.427. The van der Waals surface area contributed by atoms with Gasteiger partial charge in [-0.1, -0.05) is 12.1 Å².